The third-order valence-electron chi connectivity index (χ3n) is 3.03. The van der Waals surface area contributed by atoms with Gasteiger partial charge in [0.2, 0.25) is 0 Å². The van der Waals surface area contributed by atoms with Crippen molar-refractivity contribution in [1.82, 2.24) is 4.98 Å². The quantitative estimate of drug-likeness (QED) is 0.699. The minimum atomic E-state index is -0.348. The van der Waals surface area contributed by atoms with Crippen LogP contribution in [0.4, 0.5) is 4.39 Å². The molecule has 3 rings (SSSR count). The van der Waals surface area contributed by atoms with Gasteiger partial charge in [0.1, 0.15) is 5.82 Å². The van der Waals surface area contributed by atoms with E-state index in [0.29, 0.717) is 10.9 Å². The minimum Gasteiger partial charge on any atom is -0.356 e. The molecule has 0 saturated heterocycles. The Morgan fingerprint density at radius 3 is 3.00 bits per heavy atom. The molecule has 1 heterocycles. The second-order valence-corrected chi connectivity index (χ2v) is 3.93. The van der Waals surface area contributed by atoms with Crippen LogP contribution in [0.2, 0.25) is 0 Å². The van der Waals surface area contributed by atoms with Gasteiger partial charge in [0, 0.05) is 16.6 Å². The molecule has 1 aromatic heterocycles. The van der Waals surface area contributed by atoms with Gasteiger partial charge >= 0.3 is 0 Å². The highest BCUT2D eigenvalue weighted by Crippen LogP contribution is 2.21. The predicted molar refractivity (Wildman–Crippen MR) is 56.6 cm³/mol. The number of aromatic nitrogens is 1. The molecule has 0 atom stereocenters. The molecule has 0 radical (unpaired) electrons. The van der Waals surface area contributed by atoms with E-state index in [-0.39, 0.29) is 11.2 Å². The van der Waals surface area contributed by atoms with E-state index in [9.17, 15) is 9.18 Å². The maximum atomic E-state index is 13.5. The number of para-hydroxylation sites is 1. The summed E-state index contributed by atoms with van der Waals surface area (Å²) in [7, 11) is 0. The SMILES string of the molecule is O=c1c2c([nH]c3c(F)cccc13)CCC2. The van der Waals surface area contributed by atoms with Crippen molar-refractivity contribution in [2.45, 2.75) is 19.3 Å². The van der Waals surface area contributed by atoms with E-state index in [0.717, 1.165) is 30.5 Å². The lowest BCUT2D eigenvalue weighted by atomic mass is 10.1. The predicted octanol–water partition coefficient (Wildman–Crippen LogP) is 2.16. The molecule has 0 bridgehead atoms. The lowest BCUT2D eigenvalue weighted by molar-refractivity contribution is 0.636. The Morgan fingerprint density at radius 1 is 1.27 bits per heavy atom. The van der Waals surface area contributed by atoms with Gasteiger partial charge in [-0.3, -0.25) is 4.79 Å². The highest BCUT2D eigenvalue weighted by Gasteiger charge is 2.17. The number of hydrogen-bond donors (Lipinski definition) is 1. The van der Waals surface area contributed by atoms with Gasteiger partial charge in [-0.15, -0.1) is 0 Å². The molecular formula is C12H10FNO. The Kier molecular flexibility index (Phi) is 1.69. The first kappa shape index (κ1) is 8.65. The summed E-state index contributed by atoms with van der Waals surface area (Å²) < 4.78 is 13.5. The Balaban J connectivity index is 2.52. The van der Waals surface area contributed by atoms with Crippen LogP contribution in [0.15, 0.2) is 23.0 Å². The van der Waals surface area contributed by atoms with Crippen LogP contribution in [0.1, 0.15) is 17.7 Å². The van der Waals surface area contributed by atoms with Crippen molar-refractivity contribution in [3.8, 4) is 0 Å². The molecule has 0 aliphatic heterocycles. The molecule has 3 heteroatoms. The van der Waals surface area contributed by atoms with Crippen molar-refractivity contribution in [1.29, 1.82) is 0 Å². The first-order valence-corrected chi connectivity index (χ1v) is 5.09. The summed E-state index contributed by atoms with van der Waals surface area (Å²) in [5.41, 5.74) is 2.10. The number of aromatic amines is 1. The average molecular weight is 203 g/mol. The van der Waals surface area contributed by atoms with Gasteiger partial charge in [-0.05, 0) is 31.4 Å². The molecule has 0 saturated carbocycles. The molecule has 1 N–H and O–H groups in total. The van der Waals surface area contributed by atoms with E-state index >= 15 is 0 Å². The Hall–Kier alpha value is -1.64. The van der Waals surface area contributed by atoms with Crippen molar-refractivity contribution in [3.63, 3.8) is 0 Å². The van der Waals surface area contributed by atoms with Crippen LogP contribution in [-0.2, 0) is 12.8 Å². The zero-order chi connectivity index (χ0) is 10.4. The summed E-state index contributed by atoms with van der Waals surface area (Å²) in [4.78, 5) is 15.0. The fourth-order valence-electron chi connectivity index (χ4n) is 2.29. The zero-order valence-electron chi connectivity index (χ0n) is 8.14. The summed E-state index contributed by atoms with van der Waals surface area (Å²) in [6.07, 6.45) is 2.66. The van der Waals surface area contributed by atoms with E-state index < -0.39 is 0 Å². The number of benzene rings is 1. The molecule has 2 nitrogen and oxygen atoms in total. The van der Waals surface area contributed by atoms with Gasteiger partial charge in [-0.25, -0.2) is 4.39 Å². The number of rotatable bonds is 0. The molecule has 1 aromatic carbocycles. The zero-order valence-corrected chi connectivity index (χ0v) is 8.14. The van der Waals surface area contributed by atoms with Gasteiger partial charge in [-0.1, -0.05) is 6.07 Å². The van der Waals surface area contributed by atoms with Crippen LogP contribution in [0.25, 0.3) is 10.9 Å². The molecule has 0 unspecified atom stereocenters. The smallest absolute Gasteiger partial charge is 0.192 e. The summed E-state index contributed by atoms with van der Waals surface area (Å²) in [5.74, 6) is -0.348. The molecule has 0 amide bonds. The topological polar surface area (TPSA) is 32.9 Å². The minimum absolute atomic E-state index is 0.00394. The maximum absolute atomic E-state index is 13.5. The first-order chi connectivity index (χ1) is 7.27. The van der Waals surface area contributed by atoms with Gasteiger partial charge in [-0.2, -0.15) is 0 Å². The van der Waals surface area contributed by atoms with Crippen LogP contribution in [0.3, 0.4) is 0 Å². The Morgan fingerprint density at radius 2 is 2.13 bits per heavy atom. The lowest BCUT2D eigenvalue weighted by Gasteiger charge is -2.03. The van der Waals surface area contributed by atoms with Gasteiger partial charge in [0.15, 0.2) is 5.43 Å². The molecular weight excluding hydrogens is 193 g/mol. The number of aryl methyl sites for hydroxylation is 1. The van der Waals surface area contributed by atoms with Gasteiger partial charge < -0.3 is 4.98 Å². The second-order valence-electron chi connectivity index (χ2n) is 3.93. The van der Waals surface area contributed by atoms with Crippen LogP contribution < -0.4 is 5.43 Å². The largest absolute Gasteiger partial charge is 0.356 e. The van der Waals surface area contributed by atoms with E-state index in [2.05, 4.69) is 4.98 Å². The summed E-state index contributed by atoms with van der Waals surface area (Å²) >= 11 is 0. The Bertz CT molecular complexity index is 600. The van der Waals surface area contributed by atoms with Crippen molar-refractivity contribution in [3.05, 3.63) is 45.5 Å². The summed E-state index contributed by atoms with van der Waals surface area (Å²) in [6.45, 7) is 0. The highest BCUT2D eigenvalue weighted by atomic mass is 19.1. The fraction of sp³-hybridized carbons (Fsp3) is 0.250. The van der Waals surface area contributed by atoms with Crippen LogP contribution in [0, 0.1) is 5.82 Å². The Labute approximate surface area is 85.7 Å². The first-order valence-electron chi connectivity index (χ1n) is 5.09. The van der Waals surface area contributed by atoms with E-state index in [1.54, 1.807) is 12.1 Å². The van der Waals surface area contributed by atoms with Crippen LogP contribution in [-0.4, -0.2) is 4.98 Å². The van der Waals surface area contributed by atoms with E-state index in [4.69, 9.17) is 0 Å². The second kappa shape index (κ2) is 2.92. The third-order valence-corrected chi connectivity index (χ3v) is 3.03. The molecule has 1 aliphatic carbocycles. The monoisotopic (exact) mass is 203 g/mol. The molecule has 0 spiro atoms. The molecule has 0 fully saturated rings. The van der Waals surface area contributed by atoms with Crippen LogP contribution >= 0.6 is 0 Å². The number of nitrogens with one attached hydrogen (secondary N) is 1. The van der Waals surface area contributed by atoms with Gasteiger partial charge in [0.25, 0.3) is 0 Å². The van der Waals surface area contributed by atoms with Gasteiger partial charge in [0.05, 0.1) is 5.52 Å². The summed E-state index contributed by atoms with van der Waals surface area (Å²) in [5, 5.41) is 0.468. The molecule has 76 valence electrons. The number of halogens is 1. The lowest BCUT2D eigenvalue weighted by Crippen LogP contribution is -2.11. The molecule has 1 aliphatic rings. The van der Waals surface area contributed by atoms with E-state index in [1.165, 1.54) is 6.07 Å². The van der Waals surface area contributed by atoms with E-state index in [1.807, 2.05) is 0 Å². The average Bonchev–Trinajstić information content (AvgIpc) is 2.68. The van der Waals surface area contributed by atoms with Crippen molar-refractivity contribution in [2.75, 3.05) is 0 Å². The fourth-order valence-corrected chi connectivity index (χ4v) is 2.29. The van der Waals surface area contributed by atoms with Crippen molar-refractivity contribution < 1.29 is 4.39 Å². The maximum Gasteiger partial charge on any atom is 0.192 e. The number of pyridine rings is 1. The standard InChI is InChI=1S/C12H10FNO/c13-9-5-1-4-8-11(9)14-10-6-2-3-7(10)12(8)15/h1,4-5H,2-3,6H2,(H,14,15). The number of fused-ring (bicyclic) bond motifs is 2. The summed E-state index contributed by atoms with van der Waals surface area (Å²) in [6, 6.07) is 4.63. The normalized spacial score (nSPS) is 14.5. The number of hydrogen-bond acceptors (Lipinski definition) is 1. The molecule has 2 aromatic rings. The highest BCUT2D eigenvalue weighted by molar-refractivity contribution is 5.80. The van der Waals surface area contributed by atoms with Crippen molar-refractivity contribution >= 4 is 10.9 Å². The third kappa shape index (κ3) is 1.12. The number of H-pyrrole nitrogens is 1. The molecule has 15 heavy (non-hydrogen) atoms. The van der Waals surface area contributed by atoms with Crippen molar-refractivity contribution in [2.24, 2.45) is 0 Å². The van der Waals surface area contributed by atoms with Crippen LogP contribution in [0.5, 0.6) is 0 Å².